The van der Waals surface area contributed by atoms with E-state index in [2.05, 4.69) is 20.8 Å². The van der Waals surface area contributed by atoms with Gasteiger partial charge < -0.3 is 14.2 Å². The maximum absolute atomic E-state index is 12.2. The lowest BCUT2D eigenvalue weighted by molar-refractivity contribution is 0.0843. The Hall–Kier alpha value is -3.36. The van der Waals surface area contributed by atoms with E-state index in [1.165, 1.54) is 52.1 Å². The van der Waals surface area contributed by atoms with E-state index in [-0.39, 0.29) is 11.3 Å². The van der Waals surface area contributed by atoms with Crippen molar-refractivity contribution in [2.45, 2.75) is 0 Å². The Morgan fingerprint density at radius 2 is 1.54 bits per heavy atom. The second-order valence-electron chi connectivity index (χ2n) is 4.41. The summed E-state index contributed by atoms with van der Waals surface area (Å²) >= 11 is 0. The Balaban J connectivity index is 2.13. The average molecular weight is 332 g/mol. The molecule has 2 rings (SSSR count). The molecule has 1 heterocycles. The minimum atomic E-state index is -0.594. The summed E-state index contributed by atoms with van der Waals surface area (Å²) in [4.78, 5) is 31.6. The van der Waals surface area contributed by atoms with Crippen LogP contribution in [-0.2, 0) is 0 Å². The normalized spacial score (nSPS) is 9.79. The summed E-state index contributed by atoms with van der Waals surface area (Å²) in [5.74, 6) is -0.153. The number of amides is 2. The molecule has 9 nitrogen and oxygen atoms in total. The first-order valence-electron chi connectivity index (χ1n) is 6.77. The van der Waals surface area contributed by atoms with Crippen LogP contribution >= 0.6 is 0 Å². The van der Waals surface area contributed by atoms with Gasteiger partial charge in [-0.1, -0.05) is 0 Å². The highest BCUT2D eigenvalue weighted by Gasteiger charge is 2.17. The fourth-order valence-corrected chi connectivity index (χ4v) is 1.88. The van der Waals surface area contributed by atoms with Gasteiger partial charge in [0.25, 0.3) is 11.8 Å². The lowest BCUT2D eigenvalue weighted by atomic mass is 10.1. The van der Waals surface area contributed by atoms with Crippen LogP contribution in [0.5, 0.6) is 17.2 Å². The molecule has 0 bridgehead atoms. The van der Waals surface area contributed by atoms with Gasteiger partial charge in [0.05, 0.1) is 27.5 Å². The number of carbonyl (C=O) groups is 2. The maximum Gasteiger partial charge on any atom is 0.289 e. The third kappa shape index (κ3) is 3.69. The summed E-state index contributed by atoms with van der Waals surface area (Å²) in [5, 5.41) is 0. The van der Waals surface area contributed by atoms with Crippen molar-refractivity contribution in [2.75, 3.05) is 21.3 Å². The SMILES string of the molecule is COc1cc(C(=O)NNC(=O)c2cnccn2)cc(OC)c1OC. The van der Waals surface area contributed by atoms with Gasteiger partial charge in [0.2, 0.25) is 5.75 Å². The largest absolute Gasteiger partial charge is 0.493 e. The molecule has 126 valence electrons. The molecule has 0 spiro atoms. The summed E-state index contributed by atoms with van der Waals surface area (Å²) in [6, 6.07) is 2.93. The highest BCUT2D eigenvalue weighted by Crippen LogP contribution is 2.38. The van der Waals surface area contributed by atoms with Gasteiger partial charge in [-0.25, -0.2) is 4.98 Å². The molecule has 24 heavy (non-hydrogen) atoms. The minimum absolute atomic E-state index is 0.0719. The molecular weight excluding hydrogens is 316 g/mol. The Morgan fingerprint density at radius 3 is 2.04 bits per heavy atom. The van der Waals surface area contributed by atoms with Gasteiger partial charge in [-0.05, 0) is 12.1 Å². The lowest BCUT2D eigenvalue weighted by Gasteiger charge is -2.14. The number of hydrazine groups is 1. The van der Waals surface area contributed by atoms with Crippen molar-refractivity contribution < 1.29 is 23.8 Å². The smallest absolute Gasteiger partial charge is 0.289 e. The fourth-order valence-electron chi connectivity index (χ4n) is 1.88. The quantitative estimate of drug-likeness (QED) is 0.770. The molecule has 1 aromatic carbocycles. The summed E-state index contributed by atoms with van der Waals surface area (Å²) in [7, 11) is 4.34. The molecule has 2 N–H and O–H groups in total. The van der Waals surface area contributed by atoms with Gasteiger partial charge in [-0.3, -0.25) is 25.4 Å². The zero-order valence-corrected chi connectivity index (χ0v) is 13.3. The van der Waals surface area contributed by atoms with Crippen LogP contribution < -0.4 is 25.1 Å². The zero-order chi connectivity index (χ0) is 17.5. The molecule has 0 aliphatic heterocycles. The average Bonchev–Trinajstić information content (AvgIpc) is 2.65. The Kier molecular flexibility index (Phi) is 5.50. The van der Waals surface area contributed by atoms with E-state index < -0.39 is 11.8 Å². The summed E-state index contributed by atoms with van der Waals surface area (Å²) in [6.07, 6.45) is 4.09. The van der Waals surface area contributed by atoms with Crippen LogP contribution in [-0.4, -0.2) is 43.1 Å². The highest BCUT2D eigenvalue weighted by molar-refractivity contribution is 5.98. The van der Waals surface area contributed by atoms with E-state index in [0.29, 0.717) is 17.2 Å². The van der Waals surface area contributed by atoms with Crippen LogP contribution in [0.3, 0.4) is 0 Å². The molecule has 1 aromatic heterocycles. The number of aromatic nitrogens is 2. The number of hydrogen-bond donors (Lipinski definition) is 2. The molecule has 0 radical (unpaired) electrons. The van der Waals surface area contributed by atoms with Crippen LogP contribution in [0.4, 0.5) is 0 Å². The number of nitrogens with zero attached hydrogens (tertiary/aromatic N) is 2. The van der Waals surface area contributed by atoms with Crippen molar-refractivity contribution in [3.8, 4) is 17.2 Å². The number of benzene rings is 1. The van der Waals surface area contributed by atoms with E-state index in [1.54, 1.807) is 0 Å². The van der Waals surface area contributed by atoms with Gasteiger partial charge >= 0.3 is 0 Å². The molecule has 0 aliphatic rings. The molecular formula is C15H16N4O5. The fraction of sp³-hybridized carbons (Fsp3) is 0.200. The molecule has 0 saturated carbocycles. The molecule has 0 atom stereocenters. The maximum atomic E-state index is 12.2. The zero-order valence-electron chi connectivity index (χ0n) is 13.3. The van der Waals surface area contributed by atoms with Crippen molar-refractivity contribution in [3.63, 3.8) is 0 Å². The number of methoxy groups -OCH3 is 3. The Labute approximate surface area is 137 Å². The molecule has 2 amide bonds. The predicted octanol–water partition coefficient (Wildman–Crippen LogP) is 0.577. The van der Waals surface area contributed by atoms with Crippen LogP contribution in [0.1, 0.15) is 20.8 Å². The van der Waals surface area contributed by atoms with Crippen molar-refractivity contribution in [2.24, 2.45) is 0 Å². The standard InChI is InChI=1S/C15H16N4O5/c1-22-11-6-9(7-12(23-2)13(11)24-3)14(20)18-19-15(21)10-8-16-4-5-17-10/h4-8H,1-3H3,(H,18,20)(H,19,21). The summed E-state index contributed by atoms with van der Waals surface area (Å²) < 4.78 is 15.5. The number of rotatable bonds is 5. The van der Waals surface area contributed by atoms with Crippen LogP contribution in [0.25, 0.3) is 0 Å². The summed E-state index contributed by atoms with van der Waals surface area (Å²) in [5.41, 5.74) is 4.81. The number of hydrogen-bond acceptors (Lipinski definition) is 7. The molecule has 0 unspecified atom stereocenters. The van der Waals surface area contributed by atoms with Gasteiger partial charge in [0, 0.05) is 18.0 Å². The monoisotopic (exact) mass is 332 g/mol. The molecule has 0 saturated heterocycles. The van der Waals surface area contributed by atoms with E-state index in [9.17, 15) is 9.59 Å². The van der Waals surface area contributed by atoms with Gasteiger partial charge in [0.15, 0.2) is 11.5 Å². The van der Waals surface area contributed by atoms with E-state index in [1.807, 2.05) is 0 Å². The topological polar surface area (TPSA) is 112 Å². The third-order valence-corrected chi connectivity index (χ3v) is 3.01. The molecule has 9 heteroatoms. The number of carbonyl (C=O) groups excluding carboxylic acids is 2. The van der Waals surface area contributed by atoms with Crippen LogP contribution in [0.2, 0.25) is 0 Å². The Morgan fingerprint density at radius 1 is 0.917 bits per heavy atom. The predicted molar refractivity (Wildman–Crippen MR) is 83.1 cm³/mol. The first-order chi connectivity index (χ1) is 11.6. The van der Waals surface area contributed by atoms with E-state index in [0.717, 1.165) is 0 Å². The van der Waals surface area contributed by atoms with Crippen molar-refractivity contribution in [1.82, 2.24) is 20.8 Å². The molecule has 0 aliphatic carbocycles. The summed E-state index contributed by atoms with van der Waals surface area (Å²) in [6.45, 7) is 0. The minimum Gasteiger partial charge on any atom is -0.493 e. The van der Waals surface area contributed by atoms with E-state index >= 15 is 0 Å². The van der Waals surface area contributed by atoms with Crippen molar-refractivity contribution in [3.05, 3.63) is 42.0 Å². The van der Waals surface area contributed by atoms with E-state index in [4.69, 9.17) is 14.2 Å². The first kappa shape index (κ1) is 17.0. The Bertz CT molecular complexity index is 711. The molecule has 2 aromatic rings. The van der Waals surface area contributed by atoms with Crippen LogP contribution in [0.15, 0.2) is 30.7 Å². The van der Waals surface area contributed by atoms with Crippen molar-refractivity contribution >= 4 is 11.8 Å². The lowest BCUT2D eigenvalue weighted by Crippen LogP contribution is -2.42. The van der Waals surface area contributed by atoms with Gasteiger partial charge in [-0.2, -0.15) is 0 Å². The third-order valence-electron chi connectivity index (χ3n) is 3.01. The highest BCUT2D eigenvalue weighted by atomic mass is 16.5. The number of ether oxygens (including phenoxy) is 3. The van der Waals surface area contributed by atoms with Gasteiger partial charge in [0.1, 0.15) is 5.69 Å². The number of nitrogens with one attached hydrogen (secondary N) is 2. The second-order valence-corrected chi connectivity index (χ2v) is 4.41. The second kappa shape index (κ2) is 7.77. The van der Waals surface area contributed by atoms with Crippen molar-refractivity contribution in [1.29, 1.82) is 0 Å². The molecule has 0 fully saturated rings. The first-order valence-corrected chi connectivity index (χ1v) is 6.77. The van der Waals surface area contributed by atoms with Gasteiger partial charge in [-0.15, -0.1) is 0 Å². The van der Waals surface area contributed by atoms with Crippen LogP contribution in [0, 0.1) is 0 Å².